The minimum Gasteiger partial charge on any atom is -0.497 e. The molecule has 3 rings (SSSR count). The second-order valence-electron chi connectivity index (χ2n) is 5.86. The molecular formula is C16H20N6O3S. The first-order valence-corrected chi connectivity index (χ1v) is 9.30. The van der Waals surface area contributed by atoms with E-state index in [1.165, 1.54) is 4.68 Å². The van der Waals surface area contributed by atoms with Crippen molar-refractivity contribution in [2.45, 2.75) is 36.9 Å². The molecule has 0 atom stereocenters. The summed E-state index contributed by atoms with van der Waals surface area (Å²) in [5.74, 6) is 0.368. The fourth-order valence-corrected chi connectivity index (χ4v) is 3.43. The molecule has 1 aromatic carbocycles. The standard InChI is InChI=1S/C16H20N6O3S/c1-25-13-8-6-12(7-9-13)22-16(19-20-21-22)26-10-14(23)18-15(24)17-11-4-2-3-5-11/h6-9,11H,2-5,10H2,1H3,(H2,17,18,23,24). The number of benzene rings is 1. The monoisotopic (exact) mass is 376 g/mol. The van der Waals surface area contributed by atoms with Crippen LogP contribution in [0.15, 0.2) is 29.4 Å². The molecule has 1 fully saturated rings. The SMILES string of the molecule is COc1ccc(-n2nnnc2SCC(=O)NC(=O)NC2CCCC2)cc1. The van der Waals surface area contributed by atoms with Gasteiger partial charge >= 0.3 is 6.03 Å². The Balaban J connectivity index is 1.52. The van der Waals surface area contributed by atoms with Gasteiger partial charge in [0.1, 0.15) is 5.75 Å². The summed E-state index contributed by atoms with van der Waals surface area (Å²) in [4.78, 5) is 23.8. The predicted molar refractivity (Wildman–Crippen MR) is 95.4 cm³/mol. The number of thioether (sulfide) groups is 1. The van der Waals surface area contributed by atoms with Gasteiger partial charge in [0.2, 0.25) is 11.1 Å². The molecule has 0 bridgehead atoms. The summed E-state index contributed by atoms with van der Waals surface area (Å²) in [6.07, 6.45) is 4.16. The molecular weight excluding hydrogens is 356 g/mol. The van der Waals surface area contributed by atoms with Gasteiger partial charge in [-0.2, -0.15) is 4.68 Å². The summed E-state index contributed by atoms with van der Waals surface area (Å²) in [6.45, 7) is 0. The number of hydrogen-bond donors (Lipinski definition) is 2. The zero-order valence-corrected chi connectivity index (χ0v) is 15.2. The van der Waals surface area contributed by atoms with Crippen LogP contribution in [0.2, 0.25) is 0 Å². The van der Waals surface area contributed by atoms with E-state index >= 15 is 0 Å². The molecule has 1 aliphatic rings. The van der Waals surface area contributed by atoms with Crippen molar-refractivity contribution in [2.24, 2.45) is 0 Å². The summed E-state index contributed by atoms with van der Waals surface area (Å²) in [7, 11) is 1.59. The van der Waals surface area contributed by atoms with Crippen LogP contribution < -0.4 is 15.4 Å². The van der Waals surface area contributed by atoms with E-state index in [0.717, 1.165) is 48.9 Å². The van der Waals surface area contributed by atoms with E-state index in [0.29, 0.717) is 5.16 Å². The van der Waals surface area contributed by atoms with E-state index < -0.39 is 11.9 Å². The van der Waals surface area contributed by atoms with Crippen molar-refractivity contribution < 1.29 is 14.3 Å². The van der Waals surface area contributed by atoms with Crippen LogP contribution in [-0.2, 0) is 4.79 Å². The maximum Gasteiger partial charge on any atom is 0.321 e. The Bertz CT molecular complexity index is 758. The molecule has 2 N–H and O–H groups in total. The first-order chi connectivity index (χ1) is 12.7. The molecule has 0 radical (unpaired) electrons. The highest BCUT2D eigenvalue weighted by Crippen LogP contribution is 2.20. The highest BCUT2D eigenvalue weighted by molar-refractivity contribution is 7.99. The summed E-state index contributed by atoms with van der Waals surface area (Å²) in [5.41, 5.74) is 0.748. The van der Waals surface area contributed by atoms with Crippen molar-refractivity contribution in [2.75, 3.05) is 12.9 Å². The number of amides is 3. The molecule has 0 saturated heterocycles. The molecule has 2 aromatic rings. The van der Waals surface area contributed by atoms with Gasteiger partial charge in [-0.15, -0.1) is 5.10 Å². The minimum absolute atomic E-state index is 0.0363. The van der Waals surface area contributed by atoms with Gasteiger partial charge in [-0.3, -0.25) is 10.1 Å². The molecule has 1 aliphatic carbocycles. The Kier molecular flexibility index (Phi) is 6.05. The summed E-state index contributed by atoms with van der Waals surface area (Å²) >= 11 is 1.15. The molecule has 1 heterocycles. The lowest BCUT2D eigenvalue weighted by Gasteiger charge is -2.12. The van der Waals surface area contributed by atoms with E-state index in [9.17, 15) is 9.59 Å². The van der Waals surface area contributed by atoms with Gasteiger partial charge in [0, 0.05) is 6.04 Å². The van der Waals surface area contributed by atoms with Gasteiger partial charge in [0.05, 0.1) is 18.6 Å². The predicted octanol–water partition coefficient (Wildman–Crippen LogP) is 1.53. The van der Waals surface area contributed by atoms with Crippen LogP contribution >= 0.6 is 11.8 Å². The van der Waals surface area contributed by atoms with Crippen molar-refractivity contribution in [1.82, 2.24) is 30.8 Å². The molecule has 0 spiro atoms. The second-order valence-corrected chi connectivity index (χ2v) is 6.81. The van der Waals surface area contributed by atoms with E-state index in [1.807, 2.05) is 12.1 Å². The number of hydrogen-bond acceptors (Lipinski definition) is 7. The maximum atomic E-state index is 12.0. The Morgan fingerprint density at radius 1 is 1.27 bits per heavy atom. The number of urea groups is 1. The highest BCUT2D eigenvalue weighted by atomic mass is 32.2. The van der Waals surface area contributed by atoms with Crippen molar-refractivity contribution in [3.63, 3.8) is 0 Å². The Morgan fingerprint density at radius 3 is 2.69 bits per heavy atom. The zero-order valence-electron chi connectivity index (χ0n) is 14.3. The molecule has 138 valence electrons. The van der Waals surface area contributed by atoms with Crippen LogP contribution in [0.5, 0.6) is 5.75 Å². The average Bonchev–Trinajstić information content (AvgIpc) is 3.31. The first-order valence-electron chi connectivity index (χ1n) is 8.31. The Morgan fingerprint density at radius 2 is 2.00 bits per heavy atom. The van der Waals surface area contributed by atoms with Gasteiger partial charge in [0.15, 0.2) is 0 Å². The number of carbonyl (C=O) groups excluding carboxylic acids is 2. The number of ether oxygens (including phenoxy) is 1. The fraction of sp³-hybridized carbons (Fsp3) is 0.438. The third-order valence-corrected chi connectivity index (χ3v) is 4.95. The van der Waals surface area contributed by atoms with E-state index in [1.54, 1.807) is 19.2 Å². The fourth-order valence-electron chi connectivity index (χ4n) is 2.74. The molecule has 1 aromatic heterocycles. The van der Waals surface area contributed by atoms with E-state index in [-0.39, 0.29) is 11.8 Å². The largest absolute Gasteiger partial charge is 0.497 e. The number of aromatic nitrogens is 4. The summed E-state index contributed by atoms with van der Waals surface area (Å²) < 4.78 is 6.65. The van der Waals surface area contributed by atoms with Gasteiger partial charge < -0.3 is 10.1 Å². The summed E-state index contributed by atoms with van der Waals surface area (Å²) in [6, 6.07) is 6.94. The molecule has 0 unspecified atom stereocenters. The van der Waals surface area contributed by atoms with Crippen LogP contribution in [0.25, 0.3) is 5.69 Å². The van der Waals surface area contributed by atoms with E-state index in [2.05, 4.69) is 26.2 Å². The number of tetrazole rings is 1. The van der Waals surface area contributed by atoms with Crippen LogP contribution in [0, 0.1) is 0 Å². The number of rotatable bonds is 6. The highest BCUT2D eigenvalue weighted by Gasteiger charge is 2.19. The molecule has 26 heavy (non-hydrogen) atoms. The number of carbonyl (C=O) groups is 2. The molecule has 10 heteroatoms. The zero-order chi connectivity index (χ0) is 18.4. The molecule has 0 aliphatic heterocycles. The van der Waals surface area contributed by atoms with Gasteiger partial charge in [-0.25, -0.2) is 4.79 Å². The second kappa shape index (κ2) is 8.65. The van der Waals surface area contributed by atoms with Crippen LogP contribution in [0.4, 0.5) is 4.79 Å². The Hall–Kier alpha value is -2.62. The maximum absolute atomic E-state index is 12.0. The minimum atomic E-state index is -0.447. The number of methoxy groups -OCH3 is 1. The molecule has 1 saturated carbocycles. The molecule has 9 nitrogen and oxygen atoms in total. The van der Waals surface area contributed by atoms with Crippen LogP contribution in [0.3, 0.4) is 0 Å². The number of imide groups is 1. The van der Waals surface area contributed by atoms with Crippen molar-refractivity contribution >= 4 is 23.7 Å². The third-order valence-electron chi connectivity index (χ3n) is 4.03. The summed E-state index contributed by atoms with van der Waals surface area (Å²) in [5, 5.41) is 17.1. The smallest absolute Gasteiger partial charge is 0.321 e. The normalized spacial score (nSPS) is 14.2. The first kappa shape index (κ1) is 18.2. The lowest BCUT2D eigenvalue weighted by molar-refractivity contribution is -0.117. The Labute approximate surface area is 154 Å². The van der Waals surface area contributed by atoms with Gasteiger partial charge in [-0.1, -0.05) is 24.6 Å². The lowest BCUT2D eigenvalue weighted by Crippen LogP contribution is -2.44. The van der Waals surface area contributed by atoms with Crippen LogP contribution in [0.1, 0.15) is 25.7 Å². The third kappa shape index (κ3) is 4.72. The van der Waals surface area contributed by atoms with Gasteiger partial charge in [0.25, 0.3) is 0 Å². The van der Waals surface area contributed by atoms with Gasteiger partial charge in [-0.05, 0) is 47.5 Å². The number of nitrogens with zero attached hydrogens (tertiary/aromatic N) is 4. The number of nitrogens with one attached hydrogen (secondary N) is 2. The van der Waals surface area contributed by atoms with Crippen molar-refractivity contribution in [3.8, 4) is 11.4 Å². The quantitative estimate of drug-likeness (QED) is 0.736. The van der Waals surface area contributed by atoms with Crippen LogP contribution in [-0.4, -0.2) is 51.1 Å². The molecule has 3 amide bonds. The lowest BCUT2D eigenvalue weighted by atomic mass is 10.2. The van der Waals surface area contributed by atoms with Crippen molar-refractivity contribution in [3.05, 3.63) is 24.3 Å². The topological polar surface area (TPSA) is 111 Å². The average molecular weight is 376 g/mol. The van der Waals surface area contributed by atoms with E-state index in [4.69, 9.17) is 4.74 Å². The van der Waals surface area contributed by atoms with Crippen molar-refractivity contribution in [1.29, 1.82) is 0 Å².